The van der Waals surface area contributed by atoms with Gasteiger partial charge in [0.2, 0.25) is 0 Å². The van der Waals surface area contributed by atoms with E-state index in [0.717, 1.165) is 25.8 Å². The van der Waals surface area contributed by atoms with E-state index in [1.54, 1.807) is 37.4 Å². The van der Waals surface area contributed by atoms with Crippen molar-refractivity contribution in [1.29, 1.82) is 0 Å². The monoisotopic (exact) mass is 614 g/mol. The Morgan fingerprint density at radius 3 is 1.70 bits per heavy atom. The average molecular weight is 616 g/mol. The molecule has 4 nitrogen and oxygen atoms in total. The van der Waals surface area contributed by atoms with E-state index in [9.17, 15) is 9.59 Å². The van der Waals surface area contributed by atoms with Gasteiger partial charge in [-0.1, -0.05) is 46.4 Å². The molecule has 2 aromatic carbocycles. The highest BCUT2D eigenvalue weighted by Crippen LogP contribution is 2.35. The molecule has 0 spiro atoms. The number of esters is 2. The van der Waals surface area contributed by atoms with Gasteiger partial charge in [0.05, 0.1) is 24.3 Å². The van der Waals surface area contributed by atoms with Crippen LogP contribution in [0.3, 0.4) is 0 Å². The first kappa shape index (κ1) is 29.5. The van der Waals surface area contributed by atoms with Crippen molar-refractivity contribution in [3.63, 3.8) is 0 Å². The summed E-state index contributed by atoms with van der Waals surface area (Å²) in [6.45, 7) is 6.20. The zero-order valence-electron chi connectivity index (χ0n) is 20.1. The first-order valence-electron chi connectivity index (χ1n) is 11.1. The van der Waals surface area contributed by atoms with E-state index in [4.69, 9.17) is 55.9 Å². The lowest BCUT2D eigenvalue weighted by molar-refractivity contribution is 0.0517. The molecule has 0 radical (unpaired) electrons. The summed E-state index contributed by atoms with van der Waals surface area (Å²) in [5.41, 5.74) is 2.94. The van der Waals surface area contributed by atoms with Gasteiger partial charge in [0, 0.05) is 40.1 Å². The topological polar surface area (TPSA) is 52.6 Å². The maximum absolute atomic E-state index is 11.8. The average Bonchev–Trinajstić information content (AvgIpc) is 3.46. The second-order valence-electron chi connectivity index (χ2n) is 7.54. The van der Waals surface area contributed by atoms with Gasteiger partial charge in [-0.15, -0.1) is 22.7 Å². The number of benzene rings is 2. The van der Waals surface area contributed by atoms with E-state index in [1.807, 2.05) is 37.3 Å². The Kier molecular flexibility index (Phi) is 10.9. The fourth-order valence-corrected chi connectivity index (χ4v) is 6.15. The molecule has 0 bridgehead atoms. The Hall–Kier alpha value is -2.06. The van der Waals surface area contributed by atoms with Crippen molar-refractivity contribution < 1.29 is 19.1 Å². The molecule has 2 aromatic heterocycles. The van der Waals surface area contributed by atoms with Gasteiger partial charge < -0.3 is 9.47 Å². The molecule has 0 unspecified atom stereocenters. The van der Waals surface area contributed by atoms with Crippen molar-refractivity contribution in [2.24, 2.45) is 0 Å². The van der Waals surface area contributed by atoms with Crippen LogP contribution in [-0.2, 0) is 9.47 Å². The molecule has 0 atom stereocenters. The summed E-state index contributed by atoms with van der Waals surface area (Å²) in [6.07, 6.45) is 0. The van der Waals surface area contributed by atoms with Crippen molar-refractivity contribution in [3.8, 4) is 20.9 Å². The zero-order valence-corrected chi connectivity index (χ0v) is 24.7. The quantitative estimate of drug-likeness (QED) is 0.202. The SMILES string of the molecule is CCOC(=O)c1cc(-c2cc(Cl)cc(Cl)c2)sc1C.CCOC(=O)c1csc(-c2cc(Cl)cc(Cl)c2)c1. The van der Waals surface area contributed by atoms with Gasteiger partial charge in [0.15, 0.2) is 0 Å². The van der Waals surface area contributed by atoms with Crippen LogP contribution in [0.1, 0.15) is 39.4 Å². The highest BCUT2D eigenvalue weighted by atomic mass is 35.5. The summed E-state index contributed by atoms with van der Waals surface area (Å²) in [7, 11) is 0. The van der Waals surface area contributed by atoms with Crippen LogP contribution in [0, 0.1) is 6.92 Å². The Morgan fingerprint density at radius 2 is 1.19 bits per heavy atom. The number of hydrogen-bond acceptors (Lipinski definition) is 6. The lowest BCUT2D eigenvalue weighted by Crippen LogP contribution is -2.04. The zero-order chi connectivity index (χ0) is 27.1. The fourth-order valence-electron chi connectivity index (χ4n) is 3.24. The van der Waals surface area contributed by atoms with Crippen LogP contribution < -0.4 is 0 Å². The Bertz CT molecular complexity index is 1370. The summed E-state index contributed by atoms with van der Waals surface area (Å²) in [5.74, 6) is -0.608. The number of ether oxygens (including phenoxy) is 2. The maximum atomic E-state index is 11.8. The van der Waals surface area contributed by atoms with E-state index >= 15 is 0 Å². The third-order valence-electron chi connectivity index (χ3n) is 4.82. The first-order valence-corrected chi connectivity index (χ1v) is 14.3. The van der Waals surface area contributed by atoms with Gasteiger partial charge in [-0.25, -0.2) is 9.59 Å². The van der Waals surface area contributed by atoms with Gasteiger partial charge >= 0.3 is 11.9 Å². The summed E-state index contributed by atoms with van der Waals surface area (Å²) in [6, 6.07) is 14.2. The predicted molar refractivity (Wildman–Crippen MR) is 156 cm³/mol. The molecule has 0 N–H and O–H groups in total. The highest BCUT2D eigenvalue weighted by molar-refractivity contribution is 7.15. The number of thiophene rings is 2. The molecule has 2 heterocycles. The van der Waals surface area contributed by atoms with Crippen LogP contribution in [0.25, 0.3) is 20.9 Å². The van der Waals surface area contributed by atoms with Gasteiger partial charge in [-0.05, 0) is 80.4 Å². The smallest absolute Gasteiger partial charge is 0.339 e. The molecular formula is C27H22Cl4O4S2. The van der Waals surface area contributed by atoms with Gasteiger partial charge in [-0.2, -0.15) is 0 Å². The van der Waals surface area contributed by atoms with E-state index < -0.39 is 0 Å². The lowest BCUT2D eigenvalue weighted by atomic mass is 10.1. The summed E-state index contributed by atoms with van der Waals surface area (Å²) in [5, 5.41) is 4.06. The summed E-state index contributed by atoms with van der Waals surface area (Å²) < 4.78 is 9.96. The Labute approximate surface area is 243 Å². The molecular weight excluding hydrogens is 594 g/mol. The number of carbonyl (C=O) groups is 2. The summed E-state index contributed by atoms with van der Waals surface area (Å²) in [4.78, 5) is 26.1. The molecule has 0 aliphatic carbocycles. The van der Waals surface area contributed by atoms with Crippen LogP contribution in [0.4, 0.5) is 0 Å². The van der Waals surface area contributed by atoms with Gasteiger partial charge in [0.25, 0.3) is 0 Å². The molecule has 37 heavy (non-hydrogen) atoms. The van der Waals surface area contributed by atoms with Crippen LogP contribution in [0.2, 0.25) is 20.1 Å². The van der Waals surface area contributed by atoms with Crippen LogP contribution in [-0.4, -0.2) is 25.2 Å². The van der Waals surface area contributed by atoms with Crippen LogP contribution in [0.15, 0.2) is 53.9 Å². The molecule has 0 saturated heterocycles. The minimum Gasteiger partial charge on any atom is -0.462 e. The fraction of sp³-hybridized carbons (Fsp3) is 0.185. The largest absolute Gasteiger partial charge is 0.462 e. The normalized spacial score (nSPS) is 10.5. The second kappa shape index (κ2) is 13.7. The van der Waals surface area contributed by atoms with Crippen molar-refractivity contribution in [1.82, 2.24) is 0 Å². The van der Waals surface area contributed by atoms with Gasteiger partial charge in [0.1, 0.15) is 0 Å². The molecule has 0 saturated carbocycles. The molecule has 0 fully saturated rings. The number of carbonyl (C=O) groups excluding carboxylic acids is 2. The molecule has 4 rings (SSSR count). The van der Waals surface area contributed by atoms with Crippen LogP contribution in [0.5, 0.6) is 0 Å². The molecule has 10 heteroatoms. The van der Waals surface area contributed by atoms with Crippen molar-refractivity contribution in [2.45, 2.75) is 20.8 Å². The third kappa shape index (κ3) is 8.21. The van der Waals surface area contributed by atoms with E-state index in [2.05, 4.69) is 0 Å². The van der Waals surface area contributed by atoms with E-state index in [1.165, 1.54) is 22.7 Å². The standard InChI is InChI=1S/C14H12Cl2O2S.C13H10Cl2O2S/c1-3-18-14(17)12-7-13(19-8(12)2)9-4-10(15)6-11(16)5-9;1-2-17-13(16)9-5-12(18-7-9)8-3-10(14)6-11(15)4-8/h4-7H,3H2,1-2H3;3-7H,2H2,1H3. The predicted octanol–water partition coefficient (Wildman–Crippen LogP) is 10.1. The second-order valence-corrected chi connectivity index (χ2v) is 11.5. The van der Waals surface area contributed by atoms with Gasteiger partial charge in [-0.3, -0.25) is 0 Å². The van der Waals surface area contributed by atoms with Crippen molar-refractivity contribution in [2.75, 3.05) is 13.2 Å². The molecule has 4 aromatic rings. The minimum atomic E-state index is -0.312. The number of hydrogen-bond donors (Lipinski definition) is 0. The number of aryl methyl sites for hydroxylation is 1. The Morgan fingerprint density at radius 1 is 0.703 bits per heavy atom. The molecule has 0 aliphatic heterocycles. The minimum absolute atomic E-state index is 0.296. The molecule has 194 valence electrons. The number of rotatable bonds is 6. The van der Waals surface area contributed by atoms with Crippen LogP contribution >= 0.6 is 69.1 Å². The Balaban J connectivity index is 0.000000206. The number of halogens is 4. The van der Waals surface area contributed by atoms with E-state index in [-0.39, 0.29) is 11.9 Å². The highest BCUT2D eigenvalue weighted by Gasteiger charge is 2.16. The summed E-state index contributed by atoms with van der Waals surface area (Å²) >= 11 is 26.8. The molecule has 0 aliphatic rings. The van der Waals surface area contributed by atoms with Crippen molar-refractivity contribution in [3.05, 3.63) is 90.0 Å². The lowest BCUT2D eigenvalue weighted by Gasteiger charge is -2.00. The molecule has 0 amide bonds. The van der Waals surface area contributed by atoms with E-state index in [0.29, 0.717) is 44.4 Å². The van der Waals surface area contributed by atoms with Crippen molar-refractivity contribution >= 4 is 81.0 Å². The first-order chi connectivity index (χ1) is 17.6. The maximum Gasteiger partial charge on any atom is 0.339 e. The third-order valence-corrected chi connectivity index (χ3v) is 7.77.